The Labute approximate surface area is 210 Å². The molecule has 0 saturated carbocycles. The van der Waals surface area contributed by atoms with E-state index in [1.165, 1.54) is 0 Å². The number of carbonyl (C=O) groups is 2. The van der Waals surface area contributed by atoms with Crippen molar-refractivity contribution in [2.24, 2.45) is 5.73 Å². The molecule has 1 heterocycles. The molecule has 0 aliphatic heterocycles. The minimum absolute atomic E-state index is 0.119. The van der Waals surface area contributed by atoms with Gasteiger partial charge in [0.1, 0.15) is 11.5 Å². The van der Waals surface area contributed by atoms with Crippen LogP contribution in [-0.2, 0) is 11.2 Å². The third-order valence-corrected chi connectivity index (χ3v) is 5.58. The number of carbonyl (C=O) groups excluding carboxylic acids is 2. The number of ether oxygens (including phenoxy) is 1. The fourth-order valence-corrected chi connectivity index (χ4v) is 3.60. The molecular formula is C29H28N4O3. The molecule has 36 heavy (non-hydrogen) atoms. The summed E-state index contributed by atoms with van der Waals surface area (Å²) in [7, 11) is 0. The molecule has 4 aromatic rings. The first-order chi connectivity index (χ1) is 17.6. The second kappa shape index (κ2) is 12.3. The van der Waals surface area contributed by atoms with Gasteiger partial charge in [0.25, 0.3) is 5.91 Å². The Hall–Kier alpha value is -4.49. The van der Waals surface area contributed by atoms with Gasteiger partial charge in [-0.05, 0) is 66.1 Å². The highest BCUT2D eigenvalue weighted by atomic mass is 16.5. The molecule has 7 heteroatoms. The number of benzene rings is 3. The molecule has 2 amide bonds. The highest BCUT2D eigenvalue weighted by Gasteiger charge is 2.13. The molecule has 1 unspecified atom stereocenters. The largest absolute Gasteiger partial charge is 0.457 e. The van der Waals surface area contributed by atoms with Crippen LogP contribution < -0.4 is 21.1 Å². The molecule has 7 nitrogen and oxygen atoms in total. The first-order valence-electron chi connectivity index (χ1n) is 11.7. The zero-order chi connectivity index (χ0) is 25.2. The Morgan fingerprint density at radius 3 is 2.19 bits per heavy atom. The minimum Gasteiger partial charge on any atom is -0.457 e. The third kappa shape index (κ3) is 7.25. The molecule has 3 aromatic carbocycles. The van der Waals surface area contributed by atoms with Crippen molar-refractivity contribution in [3.8, 4) is 11.5 Å². The van der Waals surface area contributed by atoms with Gasteiger partial charge in [-0.1, -0.05) is 42.5 Å². The van der Waals surface area contributed by atoms with Crippen molar-refractivity contribution in [3.63, 3.8) is 0 Å². The van der Waals surface area contributed by atoms with E-state index in [-0.39, 0.29) is 18.2 Å². The first-order valence-corrected chi connectivity index (χ1v) is 11.7. The van der Waals surface area contributed by atoms with E-state index in [0.717, 1.165) is 22.6 Å². The summed E-state index contributed by atoms with van der Waals surface area (Å²) < 4.78 is 5.80. The van der Waals surface area contributed by atoms with Crippen LogP contribution in [0.15, 0.2) is 103 Å². The smallest absolute Gasteiger partial charge is 0.255 e. The Kier molecular flexibility index (Phi) is 8.40. The molecule has 4 rings (SSSR count). The van der Waals surface area contributed by atoms with E-state index < -0.39 is 6.04 Å². The van der Waals surface area contributed by atoms with E-state index >= 15 is 0 Å². The van der Waals surface area contributed by atoms with Gasteiger partial charge in [-0.3, -0.25) is 14.6 Å². The maximum atomic E-state index is 12.4. The third-order valence-electron chi connectivity index (χ3n) is 5.58. The number of pyridine rings is 1. The van der Waals surface area contributed by atoms with Crippen LogP contribution in [0.3, 0.4) is 0 Å². The lowest BCUT2D eigenvalue weighted by Gasteiger charge is -2.13. The quantitative estimate of drug-likeness (QED) is 0.300. The topological polar surface area (TPSA) is 106 Å². The zero-order valence-electron chi connectivity index (χ0n) is 19.8. The number of anilines is 1. The van der Waals surface area contributed by atoms with Gasteiger partial charge in [0, 0.05) is 42.7 Å². The number of nitrogens with zero attached hydrogens (tertiary/aromatic N) is 1. The summed E-state index contributed by atoms with van der Waals surface area (Å²) in [4.78, 5) is 28.7. The fourth-order valence-electron chi connectivity index (χ4n) is 3.60. The van der Waals surface area contributed by atoms with Crippen LogP contribution in [0.4, 0.5) is 5.69 Å². The summed E-state index contributed by atoms with van der Waals surface area (Å²) in [6.07, 6.45) is 4.08. The molecule has 0 aliphatic carbocycles. The molecule has 0 bridgehead atoms. The fraction of sp³-hybridized carbons (Fsp3) is 0.138. The van der Waals surface area contributed by atoms with Crippen molar-refractivity contribution in [1.82, 2.24) is 10.3 Å². The summed E-state index contributed by atoms with van der Waals surface area (Å²) in [5.74, 6) is 1.21. The Morgan fingerprint density at radius 2 is 1.50 bits per heavy atom. The second-order valence-electron chi connectivity index (χ2n) is 8.28. The molecule has 0 spiro atoms. The summed E-state index contributed by atoms with van der Waals surface area (Å²) in [5.41, 5.74) is 9.29. The standard InChI is InChI=1S/C29H28N4O3/c30-27(22-8-10-23(11-9-22)29(35)33-24-15-17-31-18-16-24)20-28(34)32-19-14-21-6-12-26(13-7-21)36-25-4-2-1-3-5-25/h1-13,15-18,27H,14,19-20,30H2,(H,32,34)(H,31,33,35). The predicted octanol–water partition coefficient (Wildman–Crippen LogP) is 4.88. The van der Waals surface area contributed by atoms with E-state index in [1.54, 1.807) is 48.8 Å². The van der Waals surface area contributed by atoms with Crippen LogP contribution in [0.5, 0.6) is 11.5 Å². The van der Waals surface area contributed by atoms with Gasteiger partial charge in [-0.2, -0.15) is 0 Å². The van der Waals surface area contributed by atoms with E-state index in [9.17, 15) is 9.59 Å². The van der Waals surface area contributed by atoms with Crippen LogP contribution >= 0.6 is 0 Å². The lowest BCUT2D eigenvalue weighted by Crippen LogP contribution is -2.29. The van der Waals surface area contributed by atoms with Crippen LogP contribution in [0.1, 0.15) is 33.9 Å². The van der Waals surface area contributed by atoms with Gasteiger partial charge >= 0.3 is 0 Å². The minimum atomic E-state index is -0.461. The van der Waals surface area contributed by atoms with Gasteiger partial charge in [-0.25, -0.2) is 0 Å². The highest BCUT2D eigenvalue weighted by Crippen LogP contribution is 2.21. The van der Waals surface area contributed by atoms with Crippen LogP contribution in [0.2, 0.25) is 0 Å². The Bertz CT molecular complexity index is 1260. The molecule has 1 atom stereocenters. The lowest BCUT2D eigenvalue weighted by atomic mass is 10.0. The number of nitrogens with one attached hydrogen (secondary N) is 2. The van der Waals surface area contributed by atoms with Crippen molar-refractivity contribution in [2.75, 3.05) is 11.9 Å². The normalized spacial score (nSPS) is 11.4. The number of hydrogen-bond acceptors (Lipinski definition) is 5. The summed E-state index contributed by atoms with van der Waals surface area (Å²) in [6, 6.07) is 27.4. The average Bonchev–Trinajstić information content (AvgIpc) is 2.91. The van der Waals surface area contributed by atoms with Crippen LogP contribution in [0.25, 0.3) is 0 Å². The SMILES string of the molecule is NC(CC(=O)NCCc1ccc(Oc2ccccc2)cc1)c1ccc(C(=O)Nc2ccncc2)cc1. The van der Waals surface area contributed by atoms with Crippen LogP contribution in [-0.4, -0.2) is 23.3 Å². The van der Waals surface area contributed by atoms with Crippen LogP contribution in [0, 0.1) is 0 Å². The maximum absolute atomic E-state index is 12.4. The predicted molar refractivity (Wildman–Crippen MR) is 140 cm³/mol. The average molecular weight is 481 g/mol. The summed E-state index contributed by atoms with van der Waals surface area (Å²) in [5, 5.41) is 5.73. The number of hydrogen-bond donors (Lipinski definition) is 3. The Balaban J connectivity index is 1.20. The van der Waals surface area contributed by atoms with E-state index in [1.807, 2.05) is 54.6 Å². The maximum Gasteiger partial charge on any atom is 0.255 e. The number of aromatic nitrogens is 1. The van der Waals surface area contributed by atoms with Crippen molar-refractivity contribution in [3.05, 3.63) is 120 Å². The van der Waals surface area contributed by atoms with Crippen molar-refractivity contribution in [2.45, 2.75) is 18.9 Å². The summed E-state index contributed by atoms with van der Waals surface area (Å²) >= 11 is 0. The molecule has 0 aliphatic rings. The van der Waals surface area contributed by atoms with Crippen molar-refractivity contribution >= 4 is 17.5 Å². The van der Waals surface area contributed by atoms with Gasteiger partial charge in [0.2, 0.25) is 5.91 Å². The monoisotopic (exact) mass is 480 g/mol. The molecule has 0 saturated heterocycles. The molecular weight excluding hydrogens is 452 g/mol. The molecule has 0 radical (unpaired) electrons. The number of para-hydroxylation sites is 1. The molecule has 0 fully saturated rings. The van der Waals surface area contributed by atoms with Gasteiger partial charge in [-0.15, -0.1) is 0 Å². The lowest BCUT2D eigenvalue weighted by molar-refractivity contribution is -0.121. The van der Waals surface area contributed by atoms with Crippen molar-refractivity contribution in [1.29, 1.82) is 0 Å². The number of amides is 2. The Morgan fingerprint density at radius 1 is 0.833 bits per heavy atom. The first kappa shape index (κ1) is 24.6. The number of rotatable bonds is 10. The van der Waals surface area contributed by atoms with E-state index in [2.05, 4.69) is 15.6 Å². The van der Waals surface area contributed by atoms with Gasteiger partial charge in [0.05, 0.1) is 0 Å². The molecule has 182 valence electrons. The van der Waals surface area contributed by atoms with Gasteiger partial charge < -0.3 is 21.1 Å². The second-order valence-corrected chi connectivity index (χ2v) is 8.28. The van der Waals surface area contributed by atoms with E-state index in [0.29, 0.717) is 24.2 Å². The molecule has 1 aromatic heterocycles. The van der Waals surface area contributed by atoms with E-state index in [4.69, 9.17) is 10.5 Å². The summed E-state index contributed by atoms with van der Waals surface area (Å²) in [6.45, 7) is 0.512. The highest BCUT2D eigenvalue weighted by molar-refractivity contribution is 6.04. The zero-order valence-corrected chi connectivity index (χ0v) is 19.8. The van der Waals surface area contributed by atoms with Gasteiger partial charge in [0.15, 0.2) is 0 Å². The number of nitrogens with two attached hydrogens (primary N) is 1. The molecule has 4 N–H and O–H groups in total. The van der Waals surface area contributed by atoms with Crippen molar-refractivity contribution < 1.29 is 14.3 Å².